The van der Waals surface area contributed by atoms with Crippen LogP contribution in [0.15, 0.2) is 29.6 Å². The van der Waals surface area contributed by atoms with E-state index in [9.17, 15) is 4.79 Å². The minimum Gasteiger partial charge on any atom is -0.330 e. The van der Waals surface area contributed by atoms with E-state index < -0.39 is 0 Å². The summed E-state index contributed by atoms with van der Waals surface area (Å²) in [7, 11) is 0. The summed E-state index contributed by atoms with van der Waals surface area (Å²) >= 11 is 1.47. The van der Waals surface area contributed by atoms with E-state index in [0.29, 0.717) is 24.6 Å². The van der Waals surface area contributed by atoms with E-state index in [0.717, 1.165) is 10.7 Å². The third kappa shape index (κ3) is 3.65. The number of amides is 1. The lowest BCUT2D eigenvalue weighted by atomic mass is 10.0. The molecule has 0 fully saturated rings. The van der Waals surface area contributed by atoms with Crippen LogP contribution in [0.2, 0.25) is 0 Å². The number of rotatable bonds is 5. The minimum absolute atomic E-state index is 0.179. The quantitative estimate of drug-likeness (QED) is 0.889. The van der Waals surface area contributed by atoms with Gasteiger partial charge in [-0.2, -0.15) is 0 Å². The molecule has 20 heavy (non-hydrogen) atoms. The van der Waals surface area contributed by atoms with Crippen molar-refractivity contribution in [2.45, 2.75) is 26.2 Å². The summed E-state index contributed by atoms with van der Waals surface area (Å²) in [6.45, 7) is 4.83. The van der Waals surface area contributed by atoms with E-state index in [1.807, 2.05) is 24.3 Å². The van der Waals surface area contributed by atoms with E-state index in [4.69, 9.17) is 5.73 Å². The first-order valence-electron chi connectivity index (χ1n) is 6.66. The first-order valence-corrected chi connectivity index (χ1v) is 7.54. The summed E-state index contributed by atoms with van der Waals surface area (Å²) < 4.78 is 0. The average molecular weight is 289 g/mol. The molecule has 106 valence electrons. The third-order valence-electron chi connectivity index (χ3n) is 2.98. The molecule has 0 radical (unpaired) electrons. The zero-order valence-electron chi connectivity index (χ0n) is 11.7. The van der Waals surface area contributed by atoms with Crippen molar-refractivity contribution in [3.05, 3.63) is 45.9 Å². The Labute approximate surface area is 123 Å². The molecule has 1 amide bonds. The third-order valence-corrected chi connectivity index (χ3v) is 3.89. The maximum atomic E-state index is 12.1. The lowest BCUT2D eigenvalue weighted by molar-refractivity contribution is 0.102. The van der Waals surface area contributed by atoms with E-state index >= 15 is 0 Å². The van der Waals surface area contributed by atoms with Crippen LogP contribution in [0.5, 0.6) is 0 Å². The van der Waals surface area contributed by atoms with Crippen molar-refractivity contribution in [3.63, 3.8) is 0 Å². The molecule has 0 aliphatic heterocycles. The van der Waals surface area contributed by atoms with Crippen molar-refractivity contribution in [1.82, 2.24) is 4.98 Å². The van der Waals surface area contributed by atoms with Crippen molar-refractivity contribution in [2.24, 2.45) is 5.73 Å². The molecule has 0 bridgehead atoms. The molecule has 4 nitrogen and oxygen atoms in total. The number of nitrogens with zero attached hydrogens (tertiary/aromatic N) is 1. The molecule has 1 heterocycles. The fourth-order valence-electron chi connectivity index (χ4n) is 1.80. The summed E-state index contributed by atoms with van der Waals surface area (Å²) in [5.74, 6) is 0.305. The van der Waals surface area contributed by atoms with E-state index in [2.05, 4.69) is 24.1 Å². The van der Waals surface area contributed by atoms with Crippen LogP contribution in [-0.2, 0) is 6.42 Å². The zero-order chi connectivity index (χ0) is 14.5. The van der Waals surface area contributed by atoms with Crippen LogP contribution >= 0.6 is 11.3 Å². The molecule has 0 saturated carbocycles. The summed E-state index contributed by atoms with van der Waals surface area (Å²) in [4.78, 5) is 16.3. The van der Waals surface area contributed by atoms with Crippen molar-refractivity contribution < 1.29 is 4.79 Å². The van der Waals surface area contributed by atoms with Crippen molar-refractivity contribution in [3.8, 4) is 0 Å². The molecular weight excluding hydrogens is 270 g/mol. The Morgan fingerprint density at radius 2 is 2.05 bits per heavy atom. The summed E-state index contributed by atoms with van der Waals surface area (Å²) in [5, 5.41) is 5.52. The maximum absolute atomic E-state index is 12.1. The lowest BCUT2D eigenvalue weighted by Gasteiger charge is -2.07. The van der Waals surface area contributed by atoms with Crippen LogP contribution in [0, 0.1) is 0 Å². The molecular formula is C15H19N3OS. The molecule has 1 aromatic carbocycles. The number of aromatic nitrogens is 1. The highest BCUT2D eigenvalue weighted by atomic mass is 32.1. The first kappa shape index (κ1) is 14.7. The van der Waals surface area contributed by atoms with Crippen molar-refractivity contribution >= 4 is 22.9 Å². The minimum atomic E-state index is -0.179. The number of nitrogens with two attached hydrogens (primary N) is 1. The van der Waals surface area contributed by atoms with Crippen LogP contribution < -0.4 is 11.1 Å². The number of nitrogens with one attached hydrogen (secondary N) is 1. The van der Waals surface area contributed by atoms with Crippen LogP contribution in [0.25, 0.3) is 0 Å². The van der Waals surface area contributed by atoms with Gasteiger partial charge in [0.05, 0.1) is 5.01 Å². The van der Waals surface area contributed by atoms with Gasteiger partial charge in [0.15, 0.2) is 0 Å². The highest BCUT2D eigenvalue weighted by molar-refractivity contribution is 7.09. The Morgan fingerprint density at radius 1 is 1.35 bits per heavy atom. The molecule has 5 heteroatoms. The number of hydrogen-bond acceptors (Lipinski definition) is 4. The zero-order valence-corrected chi connectivity index (χ0v) is 12.5. The van der Waals surface area contributed by atoms with Gasteiger partial charge in [0.1, 0.15) is 5.69 Å². The summed E-state index contributed by atoms with van der Waals surface area (Å²) in [6, 6.07) is 7.89. The number of carbonyl (C=O) groups is 1. The monoisotopic (exact) mass is 289 g/mol. The van der Waals surface area contributed by atoms with E-state index in [-0.39, 0.29) is 5.91 Å². The number of benzene rings is 1. The highest BCUT2D eigenvalue weighted by Crippen LogP contribution is 2.18. The Kier molecular flexibility index (Phi) is 4.87. The second kappa shape index (κ2) is 6.63. The average Bonchev–Trinajstić information content (AvgIpc) is 2.88. The predicted molar refractivity (Wildman–Crippen MR) is 83.4 cm³/mol. The molecule has 1 aromatic heterocycles. The maximum Gasteiger partial charge on any atom is 0.275 e. The fourth-order valence-corrected chi connectivity index (χ4v) is 2.59. The molecule has 2 aromatic rings. The molecule has 0 atom stereocenters. The van der Waals surface area contributed by atoms with Gasteiger partial charge in [-0.1, -0.05) is 26.0 Å². The largest absolute Gasteiger partial charge is 0.330 e. The number of carbonyl (C=O) groups excluding carboxylic acids is 1. The molecule has 0 aliphatic carbocycles. The Hall–Kier alpha value is -1.72. The predicted octanol–water partition coefficient (Wildman–Crippen LogP) is 3.02. The lowest BCUT2D eigenvalue weighted by Crippen LogP contribution is -2.12. The van der Waals surface area contributed by atoms with Crippen LogP contribution in [0.4, 0.5) is 5.69 Å². The van der Waals surface area contributed by atoms with Crippen molar-refractivity contribution in [1.29, 1.82) is 0 Å². The van der Waals surface area contributed by atoms with Gasteiger partial charge in [0.2, 0.25) is 0 Å². The SMILES string of the molecule is CC(C)c1ccc(NC(=O)c2csc(CCN)n2)cc1. The van der Waals surface area contributed by atoms with Crippen LogP contribution in [-0.4, -0.2) is 17.4 Å². The van der Waals surface area contributed by atoms with Gasteiger partial charge in [0.25, 0.3) is 5.91 Å². The Balaban J connectivity index is 2.03. The van der Waals surface area contributed by atoms with Gasteiger partial charge in [0, 0.05) is 17.5 Å². The molecule has 3 N–H and O–H groups in total. The van der Waals surface area contributed by atoms with Crippen LogP contribution in [0.1, 0.15) is 40.8 Å². The number of thiazole rings is 1. The normalized spacial score (nSPS) is 10.8. The van der Waals surface area contributed by atoms with Gasteiger partial charge < -0.3 is 11.1 Å². The second-order valence-corrected chi connectivity index (χ2v) is 5.84. The van der Waals surface area contributed by atoms with Gasteiger partial charge >= 0.3 is 0 Å². The first-order chi connectivity index (χ1) is 9.60. The Morgan fingerprint density at radius 3 is 2.65 bits per heavy atom. The highest BCUT2D eigenvalue weighted by Gasteiger charge is 2.10. The second-order valence-electron chi connectivity index (χ2n) is 4.90. The molecule has 0 aliphatic rings. The molecule has 0 saturated heterocycles. The van der Waals surface area contributed by atoms with Gasteiger partial charge in [-0.25, -0.2) is 4.98 Å². The molecule has 0 spiro atoms. The van der Waals surface area contributed by atoms with E-state index in [1.54, 1.807) is 5.38 Å². The van der Waals surface area contributed by atoms with Crippen molar-refractivity contribution in [2.75, 3.05) is 11.9 Å². The fraction of sp³-hybridized carbons (Fsp3) is 0.333. The van der Waals surface area contributed by atoms with Gasteiger partial charge in [-0.05, 0) is 30.2 Å². The van der Waals surface area contributed by atoms with Crippen LogP contribution in [0.3, 0.4) is 0 Å². The topological polar surface area (TPSA) is 68.0 Å². The molecule has 2 rings (SSSR count). The van der Waals surface area contributed by atoms with Gasteiger partial charge in [-0.3, -0.25) is 4.79 Å². The van der Waals surface area contributed by atoms with Gasteiger partial charge in [-0.15, -0.1) is 11.3 Å². The number of hydrogen-bond donors (Lipinski definition) is 2. The van der Waals surface area contributed by atoms with E-state index in [1.165, 1.54) is 16.9 Å². The standard InChI is InChI=1S/C15H19N3OS/c1-10(2)11-3-5-12(6-4-11)17-15(19)13-9-20-14(18-13)7-8-16/h3-6,9-10H,7-8,16H2,1-2H3,(H,17,19). The molecule has 0 unspecified atom stereocenters. The Bertz CT molecular complexity index is 575. The summed E-state index contributed by atoms with van der Waals surface area (Å²) in [5.41, 5.74) is 7.96. The summed E-state index contributed by atoms with van der Waals surface area (Å²) in [6.07, 6.45) is 0.709. The number of anilines is 1. The smallest absolute Gasteiger partial charge is 0.275 e.